The zero-order chi connectivity index (χ0) is 20.6. The van der Waals surface area contributed by atoms with Crippen LogP contribution in [-0.4, -0.2) is 17.5 Å². The van der Waals surface area contributed by atoms with E-state index in [4.69, 9.17) is 23.2 Å². The lowest BCUT2D eigenvalue weighted by atomic mass is 10.2. The maximum atomic E-state index is 13.8. The molecule has 0 saturated heterocycles. The molecule has 0 N–H and O–H groups in total. The number of amides is 2. The number of unbranched alkanes of at least 4 members (excludes halogenated alkanes) is 1. The number of urea groups is 1. The second kappa shape index (κ2) is 10.3. The molecule has 3 rings (SSSR count). The number of nitrogens with zero attached hydrogens (tertiary/aromatic N) is 2. The fourth-order valence-corrected chi connectivity index (χ4v) is 3.58. The van der Waals surface area contributed by atoms with Crippen molar-refractivity contribution >= 4 is 40.6 Å². The van der Waals surface area contributed by atoms with Gasteiger partial charge in [0.25, 0.3) is 0 Å². The Morgan fingerprint density at radius 3 is 1.83 bits per heavy atom. The van der Waals surface area contributed by atoms with Crippen LogP contribution in [0.25, 0.3) is 0 Å². The fourth-order valence-electron chi connectivity index (χ4n) is 3.14. The molecule has 0 aliphatic carbocycles. The summed E-state index contributed by atoms with van der Waals surface area (Å²) in [4.78, 5) is 17.3. The molecule has 5 heteroatoms. The molecule has 0 heterocycles. The summed E-state index contributed by atoms with van der Waals surface area (Å²) in [5.41, 5.74) is 2.30. The first-order chi connectivity index (χ1) is 14.1. The average Bonchev–Trinajstić information content (AvgIpc) is 2.74. The molecular weight excluding hydrogens is 403 g/mol. The van der Waals surface area contributed by atoms with E-state index in [-0.39, 0.29) is 6.03 Å². The van der Waals surface area contributed by atoms with Crippen LogP contribution in [0.2, 0.25) is 10.0 Å². The van der Waals surface area contributed by atoms with Gasteiger partial charge in [-0.3, -0.25) is 4.90 Å². The van der Waals surface area contributed by atoms with Crippen LogP contribution < -0.4 is 4.90 Å². The Morgan fingerprint density at radius 1 is 0.793 bits per heavy atom. The van der Waals surface area contributed by atoms with Gasteiger partial charge < -0.3 is 4.90 Å². The molecule has 0 aliphatic rings. The van der Waals surface area contributed by atoms with Crippen molar-refractivity contribution in [2.75, 3.05) is 11.4 Å². The van der Waals surface area contributed by atoms with Crippen LogP contribution in [-0.2, 0) is 6.54 Å². The van der Waals surface area contributed by atoms with E-state index < -0.39 is 0 Å². The number of anilines is 2. The lowest BCUT2D eigenvalue weighted by Gasteiger charge is -2.32. The lowest BCUT2D eigenvalue weighted by molar-refractivity contribution is 0.203. The minimum absolute atomic E-state index is 0.150. The van der Waals surface area contributed by atoms with Crippen LogP contribution >= 0.6 is 23.2 Å². The van der Waals surface area contributed by atoms with Gasteiger partial charge in [-0.25, -0.2) is 4.79 Å². The van der Waals surface area contributed by atoms with E-state index >= 15 is 0 Å². The number of benzene rings is 3. The van der Waals surface area contributed by atoms with Gasteiger partial charge in [-0.2, -0.15) is 0 Å². The standard InChI is InChI=1S/C24H24Cl2N2O/c1-2-3-17-27(18-19-11-5-4-6-12-19)24(29)28(22-15-9-7-13-20(22)25)23-16-10-8-14-21(23)26/h4-16H,2-3,17-18H2,1H3. The van der Waals surface area contributed by atoms with Crippen molar-refractivity contribution in [1.82, 2.24) is 4.90 Å². The van der Waals surface area contributed by atoms with Crippen molar-refractivity contribution in [2.24, 2.45) is 0 Å². The van der Waals surface area contributed by atoms with Crippen LogP contribution in [0, 0.1) is 0 Å². The Morgan fingerprint density at radius 2 is 1.31 bits per heavy atom. The molecule has 2 amide bonds. The molecular formula is C24H24Cl2N2O. The average molecular weight is 427 g/mol. The Hall–Kier alpha value is -2.49. The molecule has 0 saturated carbocycles. The quantitative estimate of drug-likeness (QED) is 0.382. The molecule has 0 unspecified atom stereocenters. The van der Waals surface area contributed by atoms with E-state index in [9.17, 15) is 4.79 Å². The summed E-state index contributed by atoms with van der Waals surface area (Å²) in [5, 5.41) is 0.992. The van der Waals surface area contributed by atoms with Crippen molar-refractivity contribution in [1.29, 1.82) is 0 Å². The molecule has 3 nitrogen and oxygen atoms in total. The largest absolute Gasteiger partial charge is 0.329 e. The second-order valence-electron chi connectivity index (χ2n) is 6.78. The molecule has 0 bridgehead atoms. The van der Waals surface area contributed by atoms with Gasteiger partial charge in [0.15, 0.2) is 0 Å². The zero-order valence-corrected chi connectivity index (χ0v) is 17.9. The van der Waals surface area contributed by atoms with E-state index in [0.717, 1.165) is 18.4 Å². The van der Waals surface area contributed by atoms with E-state index in [1.165, 1.54) is 0 Å². The van der Waals surface area contributed by atoms with Crippen molar-refractivity contribution in [3.63, 3.8) is 0 Å². The van der Waals surface area contributed by atoms with E-state index in [1.54, 1.807) is 17.0 Å². The smallest absolute Gasteiger partial charge is 0.320 e. The number of hydrogen-bond donors (Lipinski definition) is 0. The molecule has 0 aromatic heterocycles. The van der Waals surface area contributed by atoms with Crippen molar-refractivity contribution < 1.29 is 4.79 Å². The highest BCUT2D eigenvalue weighted by Crippen LogP contribution is 2.36. The maximum Gasteiger partial charge on any atom is 0.329 e. The first-order valence-corrected chi connectivity index (χ1v) is 10.5. The lowest BCUT2D eigenvalue weighted by Crippen LogP contribution is -2.41. The predicted molar refractivity (Wildman–Crippen MR) is 122 cm³/mol. The SMILES string of the molecule is CCCCN(Cc1ccccc1)C(=O)N(c1ccccc1Cl)c1ccccc1Cl. The minimum Gasteiger partial charge on any atom is -0.320 e. The molecule has 0 fully saturated rings. The molecule has 0 radical (unpaired) electrons. The van der Waals surface area contributed by atoms with Gasteiger partial charge in [0.1, 0.15) is 0 Å². The Kier molecular flexibility index (Phi) is 7.56. The highest BCUT2D eigenvalue weighted by Gasteiger charge is 2.27. The van der Waals surface area contributed by atoms with Crippen molar-refractivity contribution in [2.45, 2.75) is 26.3 Å². The number of halogens is 2. The summed E-state index contributed by atoms with van der Waals surface area (Å²) < 4.78 is 0. The van der Waals surface area contributed by atoms with Gasteiger partial charge in [-0.15, -0.1) is 0 Å². The molecule has 0 aliphatic heterocycles. The van der Waals surface area contributed by atoms with Crippen molar-refractivity contribution in [3.8, 4) is 0 Å². The van der Waals surface area contributed by atoms with Crippen LogP contribution in [0.1, 0.15) is 25.3 Å². The summed E-state index contributed by atoms with van der Waals surface area (Å²) in [5.74, 6) is 0. The van der Waals surface area contributed by atoms with E-state index in [2.05, 4.69) is 6.92 Å². The predicted octanol–water partition coefficient (Wildman–Crippen LogP) is 7.55. The second-order valence-corrected chi connectivity index (χ2v) is 7.60. The summed E-state index contributed by atoms with van der Waals surface area (Å²) in [7, 11) is 0. The van der Waals surface area contributed by atoms with Gasteiger partial charge in [0, 0.05) is 13.1 Å². The Labute approximate surface area is 182 Å². The minimum atomic E-state index is -0.150. The highest BCUT2D eigenvalue weighted by molar-refractivity contribution is 6.36. The van der Waals surface area contributed by atoms with E-state index in [0.29, 0.717) is 34.5 Å². The highest BCUT2D eigenvalue weighted by atomic mass is 35.5. The number of para-hydroxylation sites is 2. The summed E-state index contributed by atoms with van der Waals surface area (Å²) in [6.45, 7) is 3.28. The summed E-state index contributed by atoms with van der Waals surface area (Å²) >= 11 is 13.0. The zero-order valence-electron chi connectivity index (χ0n) is 16.4. The molecule has 29 heavy (non-hydrogen) atoms. The molecule has 3 aromatic carbocycles. The molecule has 0 spiro atoms. The molecule has 150 valence electrons. The fraction of sp³-hybridized carbons (Fsp3) is 0.208. The van der Waals surface area contributed by atoms with Crippen LogP contribution in [0.3, 0.4) is 0 Å². The van der Waals surface area contributed by atoms with E-state index in [1.807, 2.05) is 71.6 Å². The number of rotatable bonds is 7. The monoisotopic (exact) mass is 426 g/mol. The first kappa shape index (κ1) is 21.2. The number of carbonyl (C=O) groups excluding carboxylic acids is 1. The third kappa shape index (κ3) is 5.31. The normalized spacial score (nSPS) is 10.6. The van der Waals surface area contributed by atoms with Crippen LogP contribution in [0.15, 0.2) is 78.9 Å². The van der Waals surface area contributed by atoms with Gasteiger partial charge in [0.05, 0.1) is 21.4 Å². The van der Waals surface area contributed by atoms with Gasteiger partial charge in [0.2, 0.25) is 0 Å². The maximum absolute atomic E-state index is 13.8. The van der Waals surface area contributed by atoms with Gasteiger partial charge in [-0.1, -0.05) is 91.1 Å². The van der Waals surface area contributed by atoms with Crippen LogP contribution in [0.4, 0.5) is 16.2 Å². The molecule has 3 aromatic rings. The van der Waals surface area contributed by atoms with Crippen LogP contribution in [0.5, 0.6) is 0 Å². The first-order valence-electron chi connectivity index (χ1n) is 9.74. The topological polar surface area (TPSA) is 23.6 Å². The number of carbonyl (C=O) groups is 1. The Balaban J connectivity index is 2.03. The third-order valence-electron chi connectivity index (χ3n) is 4.65. The number of hydrogen-bond acceptors (Lipinski definition) is 1. The van der Waals surface area contributed by atoms with Crippen molar-refractivity contribution in [3.05, 3.63) is 94.5 Å². The third-order valence-corrected chi connectivity index (χ3v) is 5.29. The molecule has 0 atom stereocenters. The summed E-state index contributed by atoms with van der Waals surface area (Å²) in [6.07, 6.45) is 1.91. The summed E-state index contributed by atoms with van der Waals surface area (Å²) in [6, 6.07) is 24.5. The van der Waals surface area contributed by atoms with Gasteiger partial charge >= 0.3 is 6.03 Å². The van der Waals surface area contributed by atoms with Gasteiger partial charge in [-0.05, 0) is 36.2 Å². The Bertz CT molecular complexity index is 901.